The Morgan fingerprint density at radius 2 is 1.59 bits per heavy atom. The Kier molecular flexibility index (Phi) is 12.3. The lowest BCUT2D eigenvalue weighted by atomic mass is 9.84. The van der Waals surface area contributed by atoms with E-state index < -0.39 is 23.8 Å². The first-order valence-electron chi connectivity index (χ1n) is 11.8. The van der Waals surface area contributed by atoms with Gasteiger partial charge in [0.2, 0.25) is 0 Å². The number of hydrogen-bond donors (Lipinski definition) is 3. The Labute approximate surface area is 194 Å². The number of ether oxygens (including phenoxy) is 2. The molecule has 3 N–H and O–H groups in total. The Morgan fingerprint density at radius 3 is 2.09 bits per heavy atom. The predicted molar refractivity (Wildman–Crippen MR) is 128 cm³/mol. The van der Waals surface area contributed by atoms with Gasteiger partial charge in [-0.15, -0.1) is 0 Å². The number of carbonyl (C=O) groups excluding carboxylic acids is 1. The molecule has 0 fully saturated rings. The maximum Gasteiger partial charge on any atom is 0.407 e. The molecule has 6 heteroatoms. The van der Waals surface area contributed by atoms with Crippen LogP contribution in [0.3, 0.4) is 0 Å². The fraction of sp³-hybridized carbons (Fsp3) is 0.731. The van der Waals surface area contributed by atoms with Crippen LogP contribution in [0.15, 0.2) is 30.3 Å². The van der Waals surface area contributed by atoms with E-state index in [0.717, 1.165) is 5.56 Å². The van der Waals surface area contributed by atoms with Gasteiger partial charge in [0.25, 0.3) is 0 Å². The highest BCUT2D eigenvalue weighted by molar-refractivity contribution is 5.68. The Morgan fingerprint density at radius 1 is 1.00 bits per heavy atom. The van der Waals surface area contributed by atoms with Gasteiger partial charge in [-0.1, -0.05) is 58.0 Å². The van der Waals surface area contributed by atoms with E-state index in [1.807, 2.05) is 65.0 Å². The molecular formula is C26H45NO5. The second kappa shape index (κ2) is 13.8. The quantitative estimate of drug-likeness (QED) is 0.402. The first kappa shape index (κ1) is 28.4. The molecule has 1 rings (SSSR count). The third kappa shape index (κ3) is 11.3. The predicted octanol–water partition coefficient (Wildman–Crippen LogP) is 4.77. The standard InChI is InChI=1S/C26H45NO5/c1-18(2)21(15-28)13-23(27-25(30)32-26(5,6)7)24(29)14-22(19(3)4)17-31-16-20-11-9-8-10-12-20/h8-12,18-19,21-24,28-29H,13-17H2,1-7H3,(H,27,30)/t21-,22-,23+,24+/m1/s1. The summed E-state index contributed by atoms with van der Waals surface area (Å²) in [5.74, 6) is 0.631. The van der Waals surface area contributed by atoms with Crippen LogP contribution >= 0.6 is 0 Å². The van der Waals surface area contributed by atoms with Crippen LogP contribution in [0.25, 0.3) is 0 Å². The van der Waals surface area contributed by atoms with Gasteiger partial charge in [-0.2, -0.15) is 0 Å². The van der Waals surface area contributed by atoms with Crippen LogP contribution in [0.4, 0.5) is 4.79 Å². The van der Waals surface area contributed by atoms with Crippen LogP contribution in [-0.2, 0) is 16.1 Å². The van der Waals surface area contributed by atoms with Gasteiger partial charge in [-0.05, 0) is 62.8 Å². The third-order valence-electron chi connectivity index (χ3n) is 5.83. The monoisotopic (exact) mass is 451 g/mol. The first-order valence-corrected chi connectivity index (χ1v) is 11.8. The van der Waals surface area contributed by atoms with Crippen molar-refractivity contribution in [1.29, 1.82) is 0 Å². The Bertz CT molecular complexity index is 641. The van der Waals surface area contributed by atoms with Crippen LogP contribution < -0.4 is 5.32 Å². The van der Waals surface area contributed by atoms with E-state index in [2.05, 4.69) is 19.2 Å². The molecule has 0 heterocycles. The molecule has 0 aliphatic carbocycles. The van der Waals surface area contributed by atoms with E-state index in [0.29, 0.717) is 32.0 Å². The zero-order valence-corrected chi connectivity index (χ0v) is 21.0. The third-order valence-corrected chi connectivity index (χ3v) is 5.83. The lowest BCUT2D eigenvalue weighted by Gasteiger charge is -2.32. The zero-order valence-electron chi connectivity index (χ0n) is 21.0. The highest BCUT2D eigenvalue weighted by Gasteiger charge is 2.30. The molecule has 0 spiro atoms. The summed E-state index contributed by atoms with van der Waals surface area (Å²) in [5.41, 5.74) is 0.488. The molecule has 0 radical (unpaired) electrons. The smallest absolute Gasteiger partial charge is 0.407 e. The van der Waals surface area contributed by atoms with Crippen LogP contribution in [0, 0.1) is 23.7 Å². The van der Waals surface area contributed by atoms with Crippen molar-refractivity contribution in [3.05, 3.63) is 35.9 Å². The average Bonchev–Trinajstić information content (AvgIpc) is 2.69. The second-order valence-corrected chi connectivity index (χ2v) is 10.5. The Balaban J connectivity index is 2.81. The lowest BCUT2D eigenvalue weighted by Crippen LogP contribution is -2.48. The van der Waals surface area contributed by atoms with E-state index in [-0.39, 0.29) is 24.4 Å². The van der Waals surface area contributed by atoms with Gasteiger partial charge in [-0.3, -0.25) is 0 Å². The zero-order chi connectivity index (χ0) is 24.3. The van der Waals surface area contributed by atoms with Crippen molar-refractivity contribution in [2.24, 2.45) is 23.7 Å². The van der Waals surface area contributed by atoms with E-state index in [9.17, 15) is 15.0 Å². The van der Waals surface area contributed by atoms with Crippen molar-refractivity contribution >= 4 is 6.09 Å². The van der Waals surface area contributed by atoms with Crippen LogP contribution in [0.5, 0.6) is 0 Å². The van der Waals surface area contributed by atoms with Gasteiger partial charge in [-0.25, -0.2) is 4.79 Å². The highest BCUT2D eigenvalue weighted by atomic mass is 16.6. The molecule has 0 aliphatic rings. The van der Waals surface area contributed by atoms with Crippen molar-refractivity contribution < 1.29 is 24.5 Å². The number of amides is 1. The number of carbonyl (C=O) groups is 1. The van der Waals surface area contributed by atoms with Gasteiger partial charge in [0, 0.05) is 6.61 Å². The van der Waals surface area contributed by atoms with Crippen molar-refractivity contribution in [1.82, 2.24) is 5.32 Å². The van der Waals surface area contributed by atoms with Gasteiger partial charge < -0.3 is 25.0 Å². The number of benzene rings is 1. The number of nitrogens with one attached hydrogen (secondary N) is 1. The van der Waals surface area contributed by atoms with E-state index in [1.54, 1.807) is 0 Å². The fourth-order valence-electron chi connectivity index (χ4n) is 3.56. The molecule has 4 atom stereocenters. The average molecular weight is 452 g/mol. The van der Waals surface area contributed by atoms with Gasteiger partial charge in [0.1, 0.15) is 5.60 Å². The van der Waals surface area contributed by atoms with Crippen LogP contribution in [0.2, 0.25) is 0 Å². The topological polar surface area (TPSA) is 88.0 Å². The van der Waals surface area contributed by atoms with Crippen LogP contribution in [-0.4, -0.2) is 47.3 Å². The maximum atomic E-state index is 12.4. The van der Waals surface area contributed by atoms with Gasteiger partial charge in [0.05, 0.1) is 25.4 Å². The van der Waals surface area contributed by atoms with Crippen molar-refractivity contribution in [2.45, 2.75) is 85.7 Å². The normalized spacial score (nSPS) is 16.0. The number of hydrogen-bond acceptors (Lipinski definition) is 5. The number of aliphatic hydroxyl groups excluding tert-OH is 2. The summed E-state index contributed by atoms with van der Waals surface area (Å²) in [4.78, 5) is 12.4. The summed E-state index contributed by atoms with van der Waals surface area (Å²) in [6, 6.07) is 9.50. The summed E-state index contributed by atoms with van der Waals surface area (Å²) in [5, 5.41) is 23.8. The summed E-state index contributed by atoms with van der Waals surface area (Å²) in [6.07, 6.45) is -0.362. The minimum Gasteiger partial charge on any atom is -0.444 e. The molecule has 0 saturated heterocycles. The van der Waals surface area contributed by atoms with E-state index in [1.165, 1.54) is 0 Å². The molecule has 1 aromatic carbocycles. The molecule has 0 saturated carbocycles. The minimum atomic E-state index is -0.775. The molecule has 0 bridgehead atoms. The van der Waals surface area contributed by atoms with E-state index in [4.69, 9.17) is 9.47 Å². The lowest BCUT2D eigenvalue weighted by molar-refractivity contribution is 0.0151. The molecular weight excluding hydrogens is 406 g/mol. The summed E-state index contributed by atoms with van der Waals surface area (Å²) >= 11 is 0. The van der Waals surface area contributed by atoms with Crippen molar-refractivity contribution in [3.63, 3.8) is 0 Å². The minimum absolute atomic E-state index is 0.00464. The van der Waals surface area contributed by atoms with Crippen molar-refractivity contribution in [3.8, 4) is 0 Å². The summed E-state index contributed by atoms with van der Waals surface area (Å²) < 4.78 is 11.4. The van der Waals surface area contributed by atoms with Crippen molar-refractivity contribution in [2.75, 3.05) is 13.2 Å². The fourth-order valence-corrected chi connectivity index (χ4v) is 3.56. The van der Waals surface area contributed by atoms with Gasteiger partial charge in [0.15, 0.2) is 0 Å². The van der Waals surface area contributed by atoms with E-state index >= 15 is 0 Å². The Hall–Kier alpha value is -1.63. The van der Waals surface area contributed by atoms with Crippen LogP contribution in [0.1, 0.15) is 66.9 Å². The maximum absolute atomic E-state index is 12.4. The van der Waals surface area contributed by atoms with Gasteiger partial charge >= 0.3 is 6.09 Å². The first-order chi connectivity index (χ1) is 14.9. The SMILES string of the molecule is CC(C)[C@@H](CO)C[C@H](NC(=O)OC(C)(C)C)[C@@H](O)C[C@H](COCc1ccccc1)C(C)C. The number of alkyl carbamates (subject to hydrolysis) is 1. The molecule has 0 aliphatic heterocycles. The summed E-state index contributed by atoms with van der Waals surface area (Å²) in [6.45, 7) is 14.8. The number of aliphatic hydroxyl groups is 2. The number of rotatable bonds is 13. The highest BCUT2D eigenvalue weighted by Crippen LogP contribution is 2.24. The second-order valence-electron chi connectivity index (χ2n) is 10.5. The largest absolute Gasteiger partial charge is 0.444 e. The molecule has 32 heavy (non-hydrogen) atoms. The molecule has 184 valence electrons. The molecule has 6 nitrogen and oxygen atoms in total. The summed E-state index contributed by atoms with van der Waals surface area (Å²) in [7, 11) is 0. The molecule has 0 unspecified atom stereocenters. The molecule has 1 amide bonds. The molecule has 1 aromatic rings. The molecule has 0 aromatic heterocycles.